The Bertz CT molecular complexity index is 172. The summed E-state index contributed by atoms with van der Waals surface area (Å²) in [4.78, 5) is 15.3. The highest BCUT2D eigenvalue weighted by Gasteiger charge is 2.18. The molecule has 0 spiro atoms. The van der Waals surface area contributed by atoms with Crippen molar-refractivity contribution in [3.05, 3.63) is 5.92 Å². The van der Waals surface area contributed by atoms with Gasteiger partial charge in [0.1, 0.15) is 0 Å². The zero-order valence-electron chi connectivity index (χ0n) is 8.84. The van der Waals surface area contributed by atoms with Crippen LogP contribution in [0.15, 0.2) is 0 Å². The largest absolute Gasteiger partial charge is 0.340 e. The first-order valence-electron chi connectivity index (χ1n) is 4.86. The van der Waals surface area contributed by atoms with Crippen molar-refractivity contribution < 1.29 is 4.79 Å². The molecular weight excluding hydrogens is 164 g/mol. The topological polar surface area (TPSA) is 23.6 Å². The number of hydrogen-bond acceptors (Lipinski definition) is 2. The van der Waals surface area contributed by atoms with Crippen LogP contribution in [0.2, 0.25) is 0 Å². The molecule has 13 heavy (non-hydrogen) atoms. The van der Waals surface area contributed by atoms with Crippen LogP contribution < -0.4 is 0 Å². The molecule has 1 heterocycles. The van der Waals surface area contributed by atoms with Gasteiger partial charge in [0.15, 0.2) is 0 Å². The van der Waals surface area contributed by atoms with Gasteiger partial charge in [0.25, 0.3) is 0 Å². The lowest BCUT2D eigenvalue weighted by atomic mass is 10.2. The molecule has 3 nitrogen and oxygen atoms in total. The quantitative estimate of drug-likeness (QED) is 0.631. The number of hydrogen-bond donors (Lipinski definition) is 0. The molecule has 0 N–H and O–H groups in total. The van der Waals surface area contributed by atoms with Gasteiger partial charge in [-0.2, -0.15) is 0 Å². The van der Waals surface area contributed by atoms with Crippen LogP contribution in [0.5, 0.6) is 0 Å². The zero-order valence-corrected chi connectivity index (χ0v) is 8.84. The summed E-state index contributed by atoms with van der Waals surface area (Å²) in [5.74, 6) is 1.65. The molecule has 0 aliphatic carbocycles. The van der Waals surface area contributed by atoms with E-state index >= 15 is 0 Å². The summed E-state index contributed by atoms with van der Waals surface area (Å²) in [6.07, 6.45) is 0. The summed E-state index contributed by atoms with van der Waals surface area (Å²) in [5.41, 5.74) is 0. The summed E-state index contributed by atoms with van der Waals surface area (Å²) in [6, 6.07) is 0. The normalized spacial score (nSPS) is 19.5. The second kappa shape index (κ2) is 4.61. The third kappa shape index (κ3) is 3.35. The summed E-state index contributed by atoms with van der Waals surface area (Å²) in [7, 11) is 0. The predicted molar refractivity (Wildman–Crippen MR) is 53.3 cm³/mol. The number of nitrogens with zero attached hydrogens (tertiary/aromatic N) is 2. The maximum atomic E-state index is 11.0. The molecule has 1 aliphatic heterocycles. The summed E-state index contributed by atoms with van der Waals surface area (Å²) in [5, 5.41) is 0. The summed E-state index contributed by atoms with van der Waals surface area (Å²) < 4.78 is 0. The van der Waals surface area contributed by atoms with Crippen molar-refractivity contribution in [2.75, 3.05) is 32.7 Å². The minimum absolute atomic E-state index is 0.205. The number of carbonyl (C=O) groups is 1. The van der Waals surface area contributed by atoms with Crippen LogP contribution in [-0.2, 0) is 4.79 Å². The standard InChI is InChI=1S/C10H19N2O/c1-9(2)8-11-4-6-12(7-5-11)10(3)13/h4-8H2,1-3H3. The van der Waals surface area contributed by atoms with E-state index in [-0.39, 0.29) is 5.91 Å². The monoisotopic (exact) mass is 183 g/mol. The molecule has 75 valence electrons. The number of piperazine rings is 1. The Kier molecular flexibility index (Phi) is 3.72. The van der Waals surface area contributed by atoms with Crippen LogP contribution in [0.4, 0.5) is 0 Å². The second-order valence-electron chi connectivity index (χ2n) is 3.99. The van der Waals surface area contributed by atoms with Crippen LogP contribution in [0.3, 0.4) is 0 Å². The first kappa shape index (κ1) is 10.5. The van der Waals surface area contributed by atoms with Crippen LogP contribution in [0.1, 0.15) is 20.8 Å². The molecule has 0 aromatic rings. The van der Waals surface area contributed by atoms with E-state index in [9.17, 15) is 4.79 Å². The summed E-state index contributed by atoms with van der Waals surface area (Å²) in [6.45, 7) is 10.8. The van der Waals surface area contributed by atoms with Crippen molar-refractivity contribution in [2.45, 2.75) is 20.8 Å². The van der Waals surface area contributed by atoms with Gasteiger partial charge in [-0.25, -0.2) is 0 Å². The molecule has 1 rings (SSSR count). The molecular formula is C10H19N2O. The van der Waals surface area contributed by atoms with Crippen molar-refractivity contribution in [1.82, 2.24) is 9.80 Å². The third-order valence-electron chi connectivity index (χ3n) is 2.36. The second-order valence-corrected chi connectivity index (χ2v) is 3.99. The molecule has 0 saturated carbocycles. The Morgan fingerprint density at radius 2 is 1.62 bits per heavy atom. The van der Waals surface area contributed by atoms with Crippen molar-refractivity contribution in [2.24, 2.45) is 0 Å². The molecule has 1 fully saturated rings. The van der Waals surface area contributed by atoms with Crippen LogP contribution in [0.25, 0.3) is 0 Å². The van der Waals surface area contributed by atoms with Gasteiger partial charge < -0.3 is 4.90 Å². The van der Waals surface area contributed by atoms with Gasteiger partial charge in [-0.05, 0) is 5.92 Å². The average molecular weight is 183 g/mol. The molecule has 1 amide bonds. The lowest BCUT2D eigenvalue weighted by Crippen LogP contribution is -2.48. The van der Waals surface area contributed by atoms with Gasteiger partial charge in [0.2, 0.25) is 5.91 Å². The third-order valence-corrected chi connectivity index (χ3v) is 2.36. The first-order chi connectivity index (χ1) is 6.09. The van der Waals surface area contributed by atoms with Crippen molar-refractivity contribution in [3.63, 3.8) is 0 Å². The van der Waals surface area contributed by atoms with E-state index in [1.54, 1.807) is 6.92 Å². The minimum Gasteiger partial charge on any atom is -0.340 e. The highest BCUT2D eigenvalue weighted by Crippen LogP contribution is 2.05. The highest BCUT2D eigenvalue weighted by atomic mass is 16.2. The van der Waals surface area contributed by atoms with E-state index in [1.807, 2.05) is 4.90 Å². The first-order valence-corrected chi connectivity index (χ1v) is 4.86. The van der Waals surface area contributed by atoms with E-state index in [1.165, 1.54) is 5.92 Å². The SMILES string of the molecule is C[C](C)CN1CCN(C(C)=O)CC1. The molecule has 1 aliphatic rings. The fourth-order valence-electron chi connectivity index (χ4n) is 1.67. The Morgan fingerprint density at radius 1 is 1.08 bits per heavy atom. The zero-order chi connectivity index (χ0) is 9.84. The lowest BCUT2D eigenvalue weighted by Gasteiger charge is -2.34. The molecule has 1 saturated heterocycles. The van der Waals surface area contributed by atoms with Gasteiger partial charge in [0, 0.05) is 39.6 Å². The molecule has 0 aromatic heterocycles. The van der Waals surface area contributed by atoms with E-state index in [0.29, 0.717) is 0 Å². The molecule has 0 atom stereocenters. The minimum atomic E-state index is 0.205. The van der Waals surface area contributed by atoms with Gasteiger partial charge >= 0.3 is 0 Å². The predicted octanol–water partition coefficient (Wildman–Crippen LogP) is 0.765. The number of amides is 1. The Balaban J connectivity index is 2.26. The fraction of sp³-hybridized carbons (Fsp3) is 0.800. The average Bonchev–Trinajstić information content (AvgIpc) is 2.04. The highest BCUT2D eigenvalue weighted by molar-refractivity contribution is 5.73. The number of carbonyl (C=O) groups excluding carboxylic acids is 1. The molecule has 0 bridgehead atoms. The van der Waals surface area contributed by atoms with E-state index < -0.39 is 0 Å². The molecule has 3 heteroatoms. The van der Waals surface area contributed by atoms with Gasteiger partial charge in [-0.1, -0.05) is 13.8 Å². The Hall–Kier alpha value is -0.570. The Morgan fingerprint density at radius 3 is 2.00 bits per heavy atom. The Labute approximate surface area is 80.7 Å². The van der Waals surface area contributed by atoms with Gasteiger partial charge in [0.05, 0.1) is 0 Å². The van der Waals surface area contributed by atoms with E-state index in [4.69, 9.17) is 0 Å². The lowest BCUT2D eigenvalue weighted by molar-refractivity contribution is -0.130. The van der Waals surface area contributed by atoms with Crippen LogP contribution in [0, 0.1) is 5.92 Å². The van der Waals surface area contributed by atoms with Gasteiger partial charge in [-0.15, -0.1) is 0 Å². The maximum Gasteiger partial charge on any atom is 0.219 e. The van der Waals surface area contributed by atoms with Crippen LogP contribution in [-0.4, -0.2) is 48.4 Å². The fourth-order valence-corrected chi connectivity index (χ4v) is 1.67. The molecule has 1 radical (unpaired) electrons. The van der Waals surface area contributed by atoms with E-state index in [2.05, 4.69) is 18.7 Å². The van der Waals surface area contributed by atoms with Crippen molar-refractivity contribution in [1.29, 1.82) is 0 Å². The summed E-state index contributed by atoms with van der Waals surface area (Å²) >= 11 is 0. The number of rotatable bonds is 2. The van der Waals surface area contributed by atoms with Crippen molar-refractivity contribution in [3.8, 4) is 0 Å². The van der Waals surface area contributed by atoms with Crippen LogP contribution >= 0.6 is 0 Å². The van der Waals surface area contributed by atoms with E-state index in [0.717, 1.165) is 32.7 Å². The van der Waals surface area contributed by atoms with Gasteiger partial charge in [-0.3, -0.25) is 9.69 Å². The smallest absolute Gasteiger partial charge is 0.219 e. The molecule has 0 aromatic carbocycles. The molecule has 0 unspecified atom stereocenters. The maximum absolute atomic E-state index is 11.0. The van der Waals surface area contributed by atoms with Crippen molar-refractivity contribution >= 4 is 5.91 Å².